The molecule has 1 saturated heterocycles. The molecule has 120 valence electrons. The van der Waals surface area contributed by atoms with Crippen molar-refractivity contribution in [3.05, 3.63) is 65.7 Å². The van der Waals surface area contributed by atoms with Crippen LogP contribution in [0.2, 0.25) is 0 Å². The number of carbonyl (C=O) groups is 1. The van der Waals surface area contributed by atoms with E-state index < -0.39 is 0 Å². The largest absolute Gasteiger partial charge is 0.496 e. The van der Waals surface area contributed by atoms with Gasteiger partial charge in [-0.2, -0.15) is 0 Å². The molecular weight excluding hydrogens is 290 g/mol. The monoisotopic (exact) mass is 311 g/mol. The SMILES string of the molecule is COc1ccccc1CCC(=O)N1COC(c2ccccc2)C1. The van der Waals surface area contributed by atoms with Crippen LogP contribution in [-0.4, -0.2) is 31.2 Å². The predicted octanol–water partition coefficient (Wildman–Crippen LogP) is 3.19. The normalized spacial score (nSPS) is 17.3. The van der Waals surface area contributed by atoms with Crippen LogP contribution in [0.5, 0.6) is 5.75 Å². The zero-order chi connectivity index (χ0) is 16.1. The molecule has 1 aliphatic rings. The van der Waals surface area contributed by atoms with Crippen molar-refractivity contribution in [2.75, 3.05) is 20.4 Å². The van der Waals surface area contributed by atoms with Gasteiger partial charge in [0, 0.05) is 6.42 Å². The Kier molecular flexibility index (Phi) is 4.93. The van der Waals surface area contributed by atoms with E-state index >= 15 is 0 Å². The fraction of sp³-hybridized carbons (Fsp3) is 0.316. The molecule has 0 saturated carbocycles. The van der Waals surface area contributed by atoms with Gasteiger partial charge < -0.3 is 14.4 Å². The van der Waals surface area contributed by atoms with Crippen LogP contribution in [0.3, 0.4) is 0 Å². The Morgan fingerprint density at radius 2 is 1.91 bits per heavy atom. The van der Waals surface area contributed by atoms with Crippen molar-refractivity contribution < 1.29 is 14.3 Å². The van der Waals surface area contributed by atoms with E-state index in [2.05, 4.69) is 0 Å². The number of benzene rings is 2. The van der Waals surface area contributed by atoms with Gasteiger partial charge in [-0.1, -0.05) is 48.5 Å². The number of para-hydroxylation sites is 1. The number of carbonyl (C=O) groups excluding carboxylic acids is 1. The lowest BCUT2D eigenvalue weighted by Crippen LogP contribution is -2.28. The number of rotatable bonds is 5. The molecule has 1 unspecified atom stereocenters. The summed E-state index contributed by atoms with van der Waals surface area (Å²) in [4.78, 5) is 14.2. The Morgan fingerprint density at radius 3 is 2.70 bits per heavy atom. The Balaban J connectivity index is 1.55. The minimum Gasteiger partial charge on any atom is -0.496 e. The minimum atomic E-state index is -0.0218. The van der Waals surface area contributed by atoms with Gasteiger partial charge in [-0.15, -0.1) is 0 Å². The summed E-state index contributed by atoms with van der Waals surface area (Å²) in [7, 11) is 1.65. The van der Waals surface area contributed by atoms with Crippen molar-refractivity contribution in [1.82, 2.24) is 4.90 Å². The summed E-state index contributed by atoms with van der Waals surface area (Å²) in [6.45, 7) is 0.985. The molecule has 0 aliphatic carbocycles. The molecule has 3 rings (SSSR count). The average molecular weight is 311 g/mol. The van der Waals surface area contributed by atoms with Gasteiger partial charge in [0.05, 0.1) is 13.7 Å². The summed E-state index contributed by atoms with van der Waals surface area (Å²) in [5.41, 5.74) is 2.18. The third kappa shape index (κ3) is 3.71. The van der Waals surface area contributed by atoms with Crippen LogP contribution in [0.25, 0.3) is 0 Å². The number of nitrogens with zero attached hydrogens (tertiary/aromatic N) is 1. The van der Waals surface area contributed by atoms with Crippen molar-refractivity contribution in [3.63, 3.8) is 0 Å². The summed E-state index contributed by atoms with van der Waals surface area (Å²) in [6, 6.07) is 17.9. The quantitative estimate of drug-likeness (QED) is 0.851. The number of aryl methyl sites for hydroxylation is 1. The first kappa shape index (κ1) is 15.6. The molecule has 2 aromatic carbocycles. The summed E-state index contributed by atoms with van der Waals surface area (Å²) >= 11 is 0. The first-order valence-corrected chi connectivity index (χ1v) is 7.84. The lowest BCUT2D eigenvalue weighted by molar-refractivity contribution is -0.131. The lowest BCUT2D eigenvalue weighted by Gasteiger charge is -2.15. The first-order valence-electron chi connectivity index (χ1n) is 7.84. The van der Waals surface area contributed by atoms with Crippen molar-refractivity contribution in [2.24, 2.45) is 0 Å². The highest BCUT2D eigenvalue weighted by Crippen LogP contribution is 2.25. The number of methoxy groups -OCH3 is 1. The number of ether oxygens (including phenoxy) is 2. The average Bonchev–Trinajstić information content (AvgIpc) is 3.11. The molecule has 1 aliphatic heterocycles. The number of hydrogen-bond acceptors (Lipinski definition) is 3. The molecule has 0 N–H and O–H groups in total. The van der Waals surface area contributed by atoms with E-state index in [1.54, 1.807) is 12.0 Å². The van der Waals surface area contributed by atoms with Gasteiger partial charge in [-0.25, -0.2) is 0 Å². The van der Waals surface area contributed by atoms with Crippen LogP contribution in [0.15, 0.2) is 54.6 Å². The summed E-state index contributed by atoms with van der Waals surface area (Å²) < 4.78 is 11.1. The maximum atomic E-state index is 12.4. The van der Waals surface area contributed by atoms with E-state index in [1.807, 2.05) is 54.6 Å². The Hall–Kier alpha value is -2.33. The molecule has 1 amide bonds. The summed E-state index contributed by atoms with van der Waals surface area (Å²) in [6.07, 6.45) is 1.12. The fourth-order valence-corrected chi connectivity index (χ4v) is 2.84. The number of amides is 1. The van der Waals surface area contributed by atoms with Gasteiger partial charge in [-0.05, 0) is 23.6 Å². The maximum absolute atomic E-state index is 12.4. The second-order valence-corrected chi connectivity index (χ2v) is 5.62. The molecule has 4 nitrogen and oxygen atoms in total. The van der Waals surface area contributed by atoms with Crippen LogP contribution >= 0.6 is 0 Å². The third-order valence-corrected chi connectivity index (χ3v) is 4.14. The standard InChI is InChI=1S/C19H21NO3/c1-22-17-10-6-5-9-16(17)11-12-19(21)20-13-18(23-14-20)15-7-3-2-4-8-15/h2-10,18H,11-14H2,1H3. The van der Waals surface area contributed by atoms with Crippen LogP contribution in [0.1, 0.15) is 23.7 Å². The molecule has 0 radical (unpaired) electrons. The van der Waals surface area contributed by atoms with Gasteiger partial charge >= 0.3 is 0 Å². The molecule has 1 fully saturated rings. The molecule has 0 aromatic heterocycles. The van der Waals surface area contributed by atoms with Crippen LogP contribution in [-0.2, 0) is 16.0 Å². The predicted molar refractivity (Wildman–Crippen MR) is 88.2 cm³/mol. The van der Waals surface area contributed by atoms with Crippen molar-refractivity contribution in [1.29, 1.82) is 0 Å². The van der Waals surface area contributed by atoms with E-state index in [0.29, 0.717) is 26.1 Å². The highest BCUT2D eigenvalue weighted by Gasteiger charge is 2.27. The van der Waals surface area contributed by atoms with E-state index in [4.69, 9.17) is 9.47 Å². The second-order valence-electron chi connectivity index (χ2n) is 5.62. The van der Waals surface area contributed by atoms with Gasteiger partial charge in [-0.3, -0.25) is 4.79 Å². The van der Waals surface area contributed by atoms with Crippen LogP contribution < -0.4 is 4.74 Å². The summed E-state index contributed by atoms with van der Waals surface area (Å²) in [5.74, 6) is 0.953. The van der Waals surface area contributed by atoms with E-state index in [0.717, 1.165) is 16.9 Å². The molecule has 2 aromatic rings. The Morgan fingerprint density at radius 1 is 1.17 bits per heavy atom. The van der Waals surface area contributed by atoms with E-state index in [-0.39, 0.29) is 12.0 Å². The second kappa shape index (κ2) is 7.29. The van der Waals surface area contributed by atoms with Crippen LogP contribution in [0.4, 0.5) is 0 Å². The molecule has 1 heterocycles. The highest BCUT2D eigenvalue weighted by molar-refractivity contribution is 5.76. The van der Waals surface area contributed by atoms with Crippen molar-refractivity contribution >= 4 is 5.91 Å². The van der Waals surface area contributed by atoms with Gasteiger partial charge in [0.15, 0.2) is 0 Å². The van der Waals surface area contributed by atoms with Crippen LogP contribution in [0, 0.1) is 0 Å². The molecule has 4 heteroatoms. The number of hydrogen-bond donors (Lipinski definition) is 0. The first-order chi connectivity index (χ1) is 11.3. The molecule has 23 heavy (non-hydrogen) atoms. The Labute approximate surface area is 136 Å². The lowest BCUT2D eigenvalue weighted by atomic mass is 10.1. The molecular formula is C19H21NO3. The minimum absolute atomic E-state index is 0.0218. The zero-order valence-electron chi connectivity index (χ0n) is 13.3. The van der Waals surface area contributed by atoms with Gasteiger partial charge in [0.2, 0.25) is 5.91 Å². The Bertz CT molecular complexity index is 657. The maximum Gasteiger partial charge on any atom is 0.224 e. The fourth-order valence-electron chi connectivity index (χ4n) is 2.84. The van der Waals surface area contributed by atoms with Crippen molar-refractivity contribution in [3.8, 4) is 5.75 Å². The van der Waals surface area contributed by atoms with Gasteiger partial charge in [0.1, 0.15) is 18.6 Å². The summed E-state index contributed by atoms with van der Waals surface area (Å²) in [5, 5.41) is 0. The van der Waals surface area contributed by atoms with Gasteiger partial charge in [0.25, 0.3) is 0 Å². The zero-order valence-corrected chi connectivity index (χ0v) is 13.3. The van der Waals surface area contributed by atoms with Crippen molar-refractivity contribution in [2.45, 2.75) is 18.9 Å². The smallest absolute Gasteiger partial charge is 0.224 e. The highest BCUT2D eigenvalue weighted by atomic mass is 16.5. The molecule has 1 atom stereocenters. The molecule has 0 bridgehead atoms. The topological polar surface area (TPSA) is 38.8 Å². The third-order valence-electron chi connectivity index (χ3n) is 4.14. The van der Waals surface area contributed by atoms with E-state index in [9.17, 15) is 4.79 Å². The molecule has 0 spiro atoms. The van der Waals surface area contributed by atoms with E-state index in [1.165, 1.54) is 0 Å².